The first-order valence-corrected chi connectivity index (χ1v) is 8.10. The highest BCUT2D eigenvalue weighted by Crippen LogP contribution is 2.14. The van der Waals surface area contributed by atoms with Crippen LogP contribution in [0.2, 0.25) is 0 Å². The van der Waals surface area contributed by atoms with E-state index in [1.54, 1.807) is 24.3 Å². The van der Waals surface area contributed by atoms with E-state index in [0.717, 1.165) is 0 Å². The van der Waals surface area contributed by atoms with Crippen molar-refractivity contribution < 1.29 is 18.7 Å². The molecule has 0 aliphatic rings. The molecule has 2 N–H and O–H groups in total. The van der Waals surface area contributed by atoms with E-state index in [0.29, 0.717) is 17.2 Å². The molecular formula is C20H18N2O4. The average molecular weight is 350 g/mol. The number of anilines is 1. The molecule has 0 atom stereocenters. The van der Waals surface area contributed by atoms with Crippen molar-refractivity contribution in [3.05, 3.63) is 84.3 Å². The Balaban J connectivity index is 1.46. The third-order valence-corrected chi connectivity index (χ3v) is 3.48. The monoisotopic (exact) mass is 350 g/mol. The van der Waals surface area contributed by atoms with Crippen LogP contribution in [0.25, 0.3) is 0 Å². The highest BCUT2D eigenvalue weighted by atomic mass is 16.5. The molecular weight excluding hydrogens is 332 g/mol. The van der Waals surface area contributed by atoms with Crippen molar-refractivity contribution in [2.75, 3.05) is 11.9 Å². The molecule has 0 saturated carbocycles. The molecule has 3 aromatic rings. The first-order chi connectivity index (χ1) is 12.7. The molecule has 0 fully saturated rings. The van der Waals surface area contributed by atoms with Crippen LogP contribution in [-0.2, 0) is 11.4 Å². The zero-order valence-electron chi connectivity index (χ0n) is 14.0. The van der Waals surface area contributed by atoms with Gasteiger partial charge in [-0.2, -0.15) is 0 Å². The maximum absolute atomic E-state index is 12.1. The van der Waals surface area contributed by atoms with Gasteiger partial charge in [-0.15, -0.1) is 0 Å². The van der Waals surface area contributed by atoms with Gasteiger partial charge < -0.3 is 19.8 Å². The minimum Gasteiger partial charge on any atom is -0.486 e. The molecule has 6 nitrogen and oxygen atoms in total. The average Bonchev–Trinajstić information content (AvgIpc) is 3.15. The first-order valence-electron chi connectivity index (χ1n) is 8.10. The number of para-hydroxylation sites is 2. The number of amides is 2. The summed E-state index contributed by atoms with van der Waals surface area (Å²) in [5.74, 6) is 0.590. The van der Waals surface area contributed by atoms with Crippen molar-refractivity contribution in [2.45, 2.75) is 6.61 Å². The van der Waals surface area contributed by atoms with E-state index < -0.39 is 5.91 Å². The fraction of sp³-hybridized carbons (Fsp3) is 0.100. The van der Waals surface area contributed by atoms with E-state index in [2.05, 4.69) is 10.6 Å². The van der Waals surface area contributed by atoms with Gasteiger partial charge in [0, 0.05) is 5.69 Å². The SMILES string of the molecule is O=C(CNC(=O)c1ccc(COc2ccccc2)o1)Nc1ccccc1. The van der Waals surface area contributed by atoms with Gasteiger partial charge in [0.1, 0.15) is 18.1 Å². The fourth-order valence-corrected chi connectivity index (χ4v) is 2.22. The number of furan rings is 1. The third kappa shape index (κ3) is 4.98. The normalized spacial score (nSPS) is 10.2. The van der Waals surface area contributed by atoms with Crippen molar-refractivity contribution in [3.63, 3.8) is 0 Å². The molecule has 3 rings (SSSR count). The van der Waals surface area contributed by atoms with Crippen LogP contribution in [0.4, 0.5) is 5.69 Å². The number of ether oxygens (including phenoxy) is 1. The Labute approximate surface area is 150 Å². The highest BCUT2D eigenvalue weighted by Gasteiger charge is 2.13. The van der Waals surface area contributed by atoms with Crippen LogP contribution >= 0.6 is 0 Å². The summed E-state index contributed by atoms with van der Waals surface area (Å²) in [6.45, 7) is 0.0655. The lowest BCUT2D eigenvalue weighted by Gasteiger charge is -2.06. The molecule has 0 radical (unpaired) electrons. The van der Waals surface area contributed by atoms with Crippen molar-refractivity contribution >= 4 is 17.5 Å². The van der Waals surface area contributed by atoms with Gasteiger partial charge in [0.15, 0.2) is 5.76 Å². The van der Waals surface area contributed by atoms with Gasteiger partial charge in [-0.3, -0.25) is 9.59 Å². The van der Waals surface area contributed by atoms with Gasteiger partial charge in [0.05, 0.1) is 6.54 Å². The van der Waals surface area contributed by atoms with E-state index >= 15 is 0 Å². The van der Waals surface area contributed by atoms with Crippen LogP contribution in [0, 0.1) is 0 Å². The minimum atomic E-state index is -0.459. The van der Waals surface area contributed by atoms with E-state index in [9.17, 15) is 9.59 Å². The van der Waals surface area contributed by atoms with Crippen LogP contribution < -0.4 is 15.4 Å². The number of carbonyl (C=O) groups is 2. The summed E-state index contributed by atoms with van der Waals surface area (Å²) < 4.78 is 11.0. The second-order valence-corrected chi connectivity index (χ2v) is 5.46. The highest BCUT2D eigenvalue weighted by molar-refractivity contribution is 5.98. The van der Waals surface area contributed by atoms with E-state index in [1.165, 1.54) is 0 Å². The smallest absolute Gasteiger partial charge is 0.287 e. The summed E-state index contributed by atoms with van der Waals surface area (Å²) in [6.07, 6.45) is 0. The summed E-state index contributed by atoms with van der Waals surface area (Å²) in [5, 5.41) is 5.21. The quantitative estimate of drug-likeness (QED) is 0.685. The molecule has 132 valence electrons. The second kappa shape index (κ2) is 8.53. The molecule has 0 bridgehead atoms. The predicted octanol–water partition coefficient (Wildman–Crippen LogP) is 3.23. The molecule has 2 aromatic carbocycles. The van der Waals surface area contributed by atoms with E-state index in [1.807, 2.05) is 48.5 Å². The molecule has 0 spiro atoms. The Bertz CT molecular complexity index is 860. The zero-order valence-corrected chi connectivity index (χ0v) is 14.0. The summed E-state index contributed by atoms with van der Waals surface area (Å²) in [4.78, 5) is 23.9. The Hall–Kier alpha value is -3.54. The Morgan fingerprint density at radius 3 is 2.31 bits per heavy atom. The third-order valence-electron chi connectivity index (χ3n) is 3.48. The zero-order chi connectivity index (χ0) is 18.2. The standard InChI is InChI=1S/C20H18N2O4/c23-19(22-15-7-3-1-4-8-15)13-21-20(24)18-12-11-17(26-18)14-25-16-9-5-2-6-10-16/h1-12H,13-14H2,(H,21,24)(H,22,23). The van der Waals surface area contributed by atoms with Crippen LogP contribution in [0.1, 0.15) is 16.3 Å². The van der Waals surface area contributed by atoms with Crippen molar-refractivity contribution in [1.82, 2.24) is 5.32 Å². The maximum Gasteiger partial charge on any atom is 0.287 e. The topological polar surface area (TPSA) is 80.6 Å². The molecule has 0 saturated heterocycles. The van der Waals surface area contributed by atoms with Crippen LogP contribution in [0.3, 0.4) is 0 Å². The van der Waals surface area contributed by atoms with Gasteiger partial charge in [0.2, 0.25) is 5.91 Å². The molecule has 0 aliphatic heterocycles. The van der Waals surface area contributed by atoms with E-state index in [4.69, 9.17) is 9.15 Å². The summed E-state index contributed by atoms with van der Waals surface area (Å²) in [5.41, 5.74) is 0.671. The largest absolute Gasteiger partial charge is 0.486 e. The number of carbonyl (C=O) groups excluding carboxylic acids is 2. The van der Waals surface area contributed by atoms with Gasteiger partial charge in [-0.1, -0.05) is 36.4 Å². The molecule has 1 heterocycles. The Morgan fingerprint density at radius 2 is 1.58 bits per heavy atom. The molecule has 1 aromatic heterocycles. The number of rotatable bonds is 7. The fourth-order valence-electron chi connectivity index (χ4n) is 2.22. The lowest BCUT2D eigenvalue weighted by atomic mass is 10.3. The molecule has 26 heavy (non-hydrogen) atoms. The molecule has 6 heteroatoms. The van der Waals surface area contributed by atoms with Crippen LogP contribution in [-0.4, -0.2) is 18.4 Å². The van der Waals surface area contributed by atoms with Crippen LogP contribution in [0.5, 0.6) is 5.75 Å². The van der Waals surface area contributed by atoms with Crippen LogP contribution in [0.15, 0.2) is 77.2 Å². The molecule has 0 aliphatic carbocycles. The first kappa shape index (κ1) is 17.3. The van der Waals surface area contributed by atoms with Gasteiger partial charge in [-0.05, 0) is 36.4 Å². The Kier molecular flexibility index (Phi) is 5.67. The number of nitrogens with one attached hydrogen (secondary N) is 2. The minimum absolute atomic E-state index is 0.129. The van der Waals surface area contributed by atoms with Gasteiger partial charge in [-0.25, -0.2) is 0 Å². The van der Waals surface area contributed by atoms with Crippen molar-refractivity contribution in [2.24, 2.45) is 0 Å². The molecule has 0 unspecified atom stereocenters. The lowest BCUT2D eigenvalue weighted by molar-refractivity contribution is -0.115. The van der Waals surface area contributed by atoms with Crippen molar-refractivity contribution in [3.8, 4) is 5.75 Å². The van der Waals surface area contributed by atoms with E-state index in [-0.39, 0.29) is 24.8 Å². The van der Waals surface area contributed by atoms with Gasteiger partial charge in [0.25, 0.3) is 5.91 Å². The second-order valence-electron chi connectivity index (χ2n) is 5.46. The number of benzene rings is 2. The molecule has 2 amide bonds. The number of hydrogen-bond acceptors (Lipinski definition) is 4. The summed E-state index contributed by atoms with van der Waals surface area (Å²) >= 11 is 0. The maximum atomic E-state index is 12.1. The predicted molar refractivity (Wildman–Crippen MR) is 96.9 cm³/mol. The van der Waals surface area contributed by atoms with Crippen molar-refractivity contribution in [1.29, 1.82) is 0 Å². The number of hydrogen-bond donors (Lipinski definition) is 2. The Morgan fingerprint density at radius 1 is 0.885 bits per heavy atom. The lowest BCUT2D eigenvalue weighted by Crippen LogP contribution is -2.32. The van der Waals surface area contributed by atoms with Gasteiger partial charge >= 0.3 is 0 Å². The summed E-state index contributed by atoms with van der Waals surface area (Å²) in [6, 6.07) is 21.6. The summed E-state index contributed by atoms with van der Waals surface area (Å²) in [7, 11) is 0.